The van der Waals surface area contributed by atoms with Crippen LogP contribution in [-0.4, -0.2) is 43.0 Å². The van der Waals surface area contributed by atoms with Crippen LogP contribution >= 0.6 is 0 Å². The molecule has 0 spiro atoms. The molecule has 0 saturated carbocycles. The zero-order valence-corrected chi connectivity index (χ0v) is 12.6. The van der Waals surface area contributed by atoms with E-state index in [-0.39, 0.29) is 24.3 Å². The van der Waals surface area contributed by atoms with Crippen LogP contribution < -0.4 is 16.0 Å². The molecule has 0 aromatic heterocycles. The van der Waals surface area contributed by atoms with Crippen LogP contribution in [0.4, 0.5) is 5.69 Å². The van der Waals surface area contributed by atoms with E-state index in [0.29, 0.717) is 17.8 Å². The summed E-state index contributed by atoms with van der Waals surface area (Å²) in [6.07, 6.45) is 1.87. The first kappa shape index (κ1) is 15.5. The molecule has 1 fully saturated rings. The maximum Gasteiger partial charge on any atom is 0.254 e. The number of benzene rings is 1. The van der Waals surface area contributed by atoms with Gasteiger partial charge in [0.15, 0.2) is 0 Å². The van der Waals surface area contributed by atoms with Crippen LogP contribution in [0.2, 0.25) is 0 Å². The van der Waals surface area contributed by atoms with Crippen LogP contribution in [0.25, 0.3) is 0 Å². The van der Waals surface area contributed by atoms with Gasteiger partial charge in [0.2, 0.25) is 11.8 Å². The van der Waals surface area contributed by atoms with Crippen molar-refractivity contribution in [1.29, 1.82) is 0 Å². The molecule has 2 atom stereocenters. The third-order valence-electron chi connectivity index (χ3n) is 3.99. The number of hydrogen-bond donors (Lipinski definition) is 3. The van der Waals surface area contributed by atoms with Gasteiger partial charge in [0.1, 0.15) is 6.04 Å². The first-order valence-corrected chi connectivity index (χ1v) is 7.72. The lowest BCUT2D eigenvalue weighted by atomic mass is 10.1. The van der Waals surface area contributed by atoms with Gasteiger partial charge in [0, 0.05) is 13.2 Å². The molecule has 1 aromatic carbocycles. The molecule has 0 bridgehead atoms. The van der Waals surface area contributed by atoms with Gasteiger partial charge < -0.3 is 20.7 Å². The molecule has 1 saturated heterocycles. The minimum absolute atomic E-state index is 0.0424. The van der Waals surface area contributed by atoms with Crippen molar-refractivity contribution in [2.75, 3.05) is 18.5 Å². The number of nitrogens with one attached hydrogen (secondary N) is 3. The van der Waals surface area contributed by atoms with Gasteiger partial charge in [-0.2, -0.15) is 0 Å². The van der Waals surface area contributed by atoms with Crippen molar-refractivity contribution in [3.8, 4) is 0 Å². The van der Waals surface area contributed by atoms with Gasteiger partial charge in [-0.1, -0.05) is 12.1 Å². The molecule has 23 heavy (non-hydrogen) atoms. The van der Waals surface area contributed by atoms with E-state index in [0.717, 1.165) is 19.4 Å². The summed E-state index contributed by atoms with van der Waals surface area (Å²) in [6, 6.07) is 5.86. The predicted octanol–water partition coefficient (Wildman–Crippen LogP) is 0.422. The highest BCUT2D eigenvalue weighted by molar-refractivity contribution is 6.10. The minimum Gasteiger partial charge on any atom is -0.376 e. The zero-order valence-electron chi connectivity index (χ0n) is 12.6. The monoisotopic (exact) mass is 317 g/mol. The topological polar surface area (TPSA) is 96.5 Å². The van der Waals surface area contributed by atoms with Crippen molar-refractivity contribution in [3.63, 3.8) is 0 Å². The number of ether oxygens (including phenoxy) is 1. The number of rotatable bonds is 4. The quantitative estimate of drug-likeness (QED) is 0.750. The maximum absolute atomic E-state index is 12.2. The molecule has 1 unspecified atom stereocenters. The Bertz CT molecular complexity index is 626. The Labute approximate surface area is 133 Å². The highest BCUT2D eigenvalue weighted by atomic mass is 16.5. The van der Waals surface area contributed by atoms with Crippen LogP contribution in [0, 0.1) is 0 Å². The van der Waals surface area contributed by atoms with E-state index in [1.165, 1.54) is 0 Å². The van der Waals surface area contributed by atoms with Crippen molar-refractivity contribution in [2.45, 2.75) is 31.4 Å². The second-order valence-electron chi connectivity index (χ2n) is 5.70. The Balaban J connectivity index is 1.59. The lowest BCUT2D eigenvalue weighted by Crippen LogP contribution is -2.45. The number of fused-ring (bicyclic) bond motifs is 1. The average molecular weight is 317 g/mol. The smallest absolute Gasteiger partial charge is 0.254 e. The Morgan fingerprint density at radius 2 is 2.13 bits per heavy atom. The minimum atomic E-state index is -0.889. The Hall–Kier alpha value is -2.41. The number of para-hydroxylation sites is 1. The Morgan fingerprint density at radius 1 is 1.30 bits per heavy atom. The van der Waals surface area contributed by atoms with Gasteiger partial charge in [-0.15, -0.1) is 0 Å². The molecular weight excluding hydrogens is 298 g/mol. The summed E-state index contributed by atoms with van der Waals surface area (Å²) in [5.74, 6) is -1.04. The van der Waals surface area contributed by atoms with Crippen LogP contribution in [-0.2, 0) is 14.3 Å². The third kappa shape index (κ3) is 3.68. The molecule has 2 aliphatic rings. The molecule has 3 amide bonds. The van der Waals surface area contributed by atoms with E-state index in [2.05, 4.69) is 16.0 Å². The van der Waals surface area contributed by atoms with E-state index < -0.39 is 11.9 Å². The summed E-state index contributed by atoms with van der Waals surface area (Å²) in [7, 11) is 0. The van der Waals surface area contributed by atoms with Gasteiger partial charge in [0.25, 0.3) is 5.91 Å². The standard InChI is InChI=1S/C16H19N3O4/c20-14(17-9-10-4-3-7-23-10)8-13-16(22)18-12-6-2-1-5-11(12)15(21)19-13/h1-2,5-6,10,13H,3-4,7-9H2,(H,17,20)(H,18,22)(H,19,21)/t10?,13-/m1/s1. The zero-order chi connectivity index (χ0) is 16.2. The van der Waals surface area contributed by atoms with Gasteiger partial charge in [-0.3, -0.25) is 14.4 Å². The largest absolute Gasteiger partial charge is 0.376 e. The number of carbonyl (C=O) groups is 3. The molecule has 0 aliphatic carbocycles. The lowest BCUT2D eigenvalue weighted by Gasteiger charge is -2.15. The van der Waals surface area contributed by atoms with Crippen LogP contribution in [0.15, 0.2) is 24.3 Å². The summed E-state index contributed by atoms with van der Waals surface area (Å²) in [5.41, 5.74) is 0.848. The second-order valence-corrected chi connectivity index (χ2v) is 5.70. The summed E-state index contributed by atoms with van der Waals surface area (Å²) < 4.78 is 5.43. The molecule has 122 valence electrons. The maximum atomic E-state index is 12.2. The third-order valence-corrected chi connectivity index (χ3v) is 3.99. The van der Waals surface area contributed by atoms with Crippen molar-refractivity contribution < 1.29 is 19.1 Å². The van der Waals surface area contributed by atoms with Gasteiger partial charge in [-0.25, -0.2) is 0 Å². The molecule has 7 heteroatoms. The van der Waals surface area contributed by atoms with Crippen LogP contribution in [0.1, 0.15) is 29.6 Å². The van der Waals surface area contributed by atoms with Crippen molar-refractivity contribution in [3.05, 3.63) is 29.8 Å². The second kappa shape index (κ2) is 6.78. The number of hydrogen-bond acceptors (Lipinski definition) is 4. The van der Waals surface area contributed by atoms with Crippen molar-refractivity contribution in [1.82, 2.24) is 10.6 Å². The SMILES string of the molecule is O=C(C[C@H]1NC(=O)c2ccccc2NC1=O)NCC1CCCO1. The Morgan fingerprint density at radius 3 is 2.91 bits per heavy atom. The van der Waals surface area contributed by atoms with Crippen LogP contribution in [0.3, 0.4) is 0 Å². The molecule has 0 radical (unpaired) electrons. The molecule has 2 aliphatic heterocycles. The fourth-order valence-electron chi connectivity index (χ4n) is 2.75. The van der Waals surface area contributed by atoms with E-state index in [1.54, 1.807) is 24.3 Å². The Kier molecular flexibility index (Phi) is 4.57. The lowest BCUT2D eigenvalue weighted by molar-refractivity contribution is -0.126. The van der Waals surface area contributed by atoms with Gasteiger partial charge in [-0.05, 0) is 25.0 Å². The molecule has 3 rings (SSSR count). The molecule has 1 aromatic rings. The number of amides is 3. The van der Waals surface area contributed by atoms with E-state index in [1.807, 2.05) is 0 Å². The van der Waals surface area contributed by atoms with Crippen molar-refractivity contribution in [2.24, 2.45) is 0 Å². The van der Waals surface area contributed by atoms with E-state index >= 15 is 0 Å². The van der Waals surface area contributed by atoms with E-state index in [4.69, 9.17) is 4.74 Å². The average Bonchev–Trinajstić information content (AvgIpc) is 3.02. The summed E-state index contributed by atoms with van der Waals surface area (Å²) in [5, 5.41) is 8.03. The van der Waals surface area contributed by atoms with Crippen LogP contribution in [0.5, 0.6) is 0 Å². The molecule has 2 heterocycles. The highest BCUT2D eigenvalue weighted by Gasteiger charge is 2.29. The first-order valence-electron chi connectivity index (χ1n) is 7.72. The summed E-state index contributed by atoms with van der Waals surface area (Å²) in [6.45, 7) is 1.15. The normalized spacial score (nSPS) is 23.5. The molecule has 3 N–H and O–H groups in total. The molecule has 7 nitrogen and oxygen atoms in total. The fourth-order valence-corrected chi connectivity index (χ4v) is 2.75. The summed E-state index contributed by atoms with van der Waals surface area (Å²) >= 11 is 0. The van der Waals surface area contributed by atoms with Gasteiger partial charge >= 0.3 is 0 Å². The van der Waals surface area contributed by atoms with E-state index in [9.17, 15) is 14.4 Å². The number of carbonyl (C=O) groups excluding carboxylic acids is 3. The first-order chi connectivity index (χ1) is 11.1. The fraction of sp³-hybridized carbons (Fsp3) is 0.438. The molecular formula is C16H19N3O4. The predicted molar refractivity (Wildman–Crippen MR) is 82.9 cm³/mol. The summed E-state index contributed by atoms with van der Waals surface area (Å²) in [4.78, 5) is 36.4. The van der Waals surface area contributed by atoms with Crippen molar-refractivity contribution >= 4 is 23.4 Å². The number of anilines is 1. The highest BCUT2D eigenvalue weighted by Crippen LogP contribution is 2.18. The van der Waals surface area contributed by atoms with Gasteiger partial charge in [0.05, 0.1) is 23.8 Å².